The molecule has 1 aromatic carbocycles. The Hall–Kier alpha value is -2.38. The zero-order valence-corrected chi connectivity index (χ0v) is 20.3. The number of rotatable bonds is 4. The number of carbonyl (C=O) groups is 2. The van der Waals surface area contributed by atoms with Gasteiger partial charge in [0.2, 0.25) is 5.91 Å². The normalized spacial score (nSPS) is 25.3. The van der Waals surface area contributed by atoms with Gasteiger partial charge in [0.05, 0.1) is 23.4 Å². The number of hydrogen-bond acceptors (Lipinski definition) is 3. The number of alkyl halides is 1. The Morgan fingerprint density at radius 1 is 1.27 bits per heavy atom. The fourth-order valence-corrected chi connectivity index (χ4v) is 6.22. The SMILES string of the molecule is Cc1c(Cl)cccc1N1C(=O)c2cc3sccc3n2CC1(C)C(=O)NC1CCC(CF)CC1. The predicted octanol–water partition coefficient (Wildman–Crippen LogP) is 5.73. The maximum Gasteiger partial charge on any atom is 0.275 e. The number of carbonyl (C=O) groups excluding carboxylic acids is 2. The average Bonchev–Trinajstić information content (AvgIpc) is 3.39. The van der Waals surface area contributed by atoms with Gasteiger partial charge in [0.25, 0.3) is 5.91 Å². The molecular weight excluding hydrogens is 461 g/mol. The molecule has 1 unspecified atom stereocenters. The third-order valence-electron chi connectivity index (χ3n) is 7.27. The van der Waals surface area contributed by atoms with Crippen molar-refractivity contribution in [3.63, 3.8) is 0 Å². The van der Waals surface area contributed by atoms with Crippen LogP contribution in [0, 0.1) is 12.8 Å². The molecule has 1 fully saturated rings. The highest BCUT2D eigenvalue weighted by Gasteiger charge is 2.49. The summed E-state index contributed by atoms with van der Waals surface area (Å²) in [6.07, 6.45) is 3.05. The van der Waals surface area contributed by atoms with E-state index < -0.39 is 5.54 Å². The molecule has 1 aliphatic heterocycles. The molecule has 5 rings (SSSR count). The predicted molar refractivity (Wildman–Crippen MR) is 131 cm³/mol. The molecule has 0 spiro atoms. The number of amides is 2. The third-order valence-corrected chi connectivity index (χ3v) is 8.54. The first kappa shape index (κ1) is 22.4. The Kier molecular flexibility index (Phi) is 5.73. The van der Waals surface area contributed by atoms with Crippen molar-refractivity contribution in [1.29, 1.82) is 0 Å². The lowest BCUT2D eigenvalue weighted by molar-refractivity contribution is -0.127. The zero-order valence-electron chi connectivity index (χ0n) is 18.7. The van der Waals surface area contributed by atoms with Crippen LogP contribution in [0.3, 0.4) is 0 Å². The van der Waals surface area contributed by atoms with Gasteiger partial charge in [0.1, 0.15) is 11.2 Å². The maximum atomic E-state index is 13.9. The molecule has 1 atom stereocenters. The Morgan fingerprint density at radius 3 is 2.76 bits per heavy atom. The maximum absolute atomic E-state index is 13.9. The van der Waals surface area contributed by atoms with E-state index in [1.807, 2.05) is 42.0 Å². The second-order valence-corrected chi connectivity index (χ2v) is 10.8. The molecule has 5 nitrogen and oxygen atoms in total. The van der Waals surface area contributed by atoms with E-state index in [0.717, 1.165) is 41.5 Å². The van der Waals surface area contributed by atoms with Gasteiger partial charge in [-0.3, -0.25) is 18.9 Å². The van der Waals surface area contributed by atoms with Crippen LogP contribution in [0.4, 0.5) is 10.1 Å². The minimum Gasteiger partial charge on any atom is -0.351 e. The average molecular weight is 488 g/mol. The van der Waals surface area contributed by atoms with Gasteiger partial charge in [-0.15, -0.1) is 11.3 Å². The minimum atomic E-state index is -1.15. The fourth-order valence-electron chi connectivity index (χ4n) is 5.23. The highest BCUT2D eigenvalue weighted by atomic mass is 35.5. The van der Waals surface area contributed by atoms with E-state index in [2.05, 4.69) is 5.32 Å². The van der Waals surface area contributed by atoms with Crippen LogP contribution < -0.4 is 10.2 Å². The second-order valence-electron chi connectivity index (χ2n) is 9.43. The number of nitrogens with one attached hydrogen (secondary N) is 1. The first-order valence-electron chi connectivity index (χ1n) is 11.4. The van der Waals surface area contributed by atoms with Crippen molar-refractivity contribution in [2.75, 3.05) is 11.6 Å². The van der Waals surface area contributed by atoms with Crippen LogP contribution in [0.1, 0.15) is 48.7 Å². The topological polar surface area (TPSA) is 54.3 Å². The summed E-state index contributed by atoms with van der Waals surface area (Å²) in [5.74, 6) is -0.319. The van der Waals surface area contributed by atoms with E-state index in [4.69, 9.17) is 11.6 Å². The van der Waals surface area contributed by atoms with Crippen LogP contribution in [0.5, 0.6) is 0 Å². The highest BCUT2D eigenvalue weighted by molar-refractivity contribution is 7.17. The van der Waals surface area contributed by atoms with Gasteiger partial charge in [0, 0.05) is 16.8 Å². The van der Waals surface area contributed by atoms with Crippen LogP contribution in [-0.2, 0) is 11.3 Å². The minimum absolute atomic E-state index is 0.0123. The summed E-state index contributed by atoms with van der Waals surface area (Å²) in [5, 5.41) is 5.74. The van der Waals surface area contributed by atoms with E-state index in [0.29, 0.717) is 22.9 Å². The van der Waals surface area contributed by atoms with E-state index in [1.54, 1.807) is 28.4 Å². The summed E-state index contributed by atoms with van der Waals surface area (Å²) in [6, 6.07) is 9.33. The lowest BCUT2D eigenvalue weighted by atomic mass is 9.86. The smallest absolute Gasteiger partial charge is 0.275 e. The molecule has 0 bridgehead atoms. The first-order chi connectivity index (χ1) is 15.8. The van der Waals surface area contributed by atoms with Crippen molar-refractivity contribution in [2.24, 2.45) is 5.92 Å². The number of nitrogens with zero attached hydrogens (tertiary/aromatic N) is 2. The quantitative estimate of drug-likeness (QED) is 0.511. The van der Waals surface area contributed by atoms with Gasteiger partial charge >= 0.3 is 0 Å². The summed E-state index contributed by atoms with van der Waals surface area (Å²) in [4.78, 5) is 29.4. The molecule has 0 radical (unpaired) electrons. The van der Waals surface area contributed by atoms with Crippen LogP contribution in [0.15, 0.2) is 35.7 Å². The molecular formula is C25H27ClFN3O2S. The number of anilines is 1. The van der Waals surface area contributed by atoms with Crippen molar-refractivity contribution in [3.05, 3.63) is 52.0 Å². The molecule has 1 aliphatic carbocycles. The van der Waals surface area contributed by atoms with Crippen molar-refractivity contribution in [1.82, 2.24) is 9.88 Å². The molecule has 2 aliphatic rings. The van der Waals surface area contributed by atoms with Crippen molar-refractivity contribution < 1.29 is 14.0 Å². The molecule has 3 heterocycles. The lowest BCUT2D eigenvalue weighted by Crippen LogP contribution is -2.65. The van der Waals surface area contributed by atoms with Gasteiger partial charge in [-0.1, -0.05) is 17.7 Å². The summed E-state index contributed by atoms with van der Waals surface area (Å²) >= 11 is 7.99. The van der Waals surface area contributed by atoms with Crippen molar-refractivity contribution in [2.45, 2.75) is 57.7 Å². The molecule has 174 valence electrons. The monoisotopic (exact) mass is 487 g/mol. The molecule has 0 saturated heterocycles. The standard InChI is InChI=1S/C25H27ClFN3O2S/c1-15-18(26)4-3-5-19(15)30-23(31)21-12-22-20(10-11-33-22)29(21)14-25(30,2)24(32)28-17-8-6-16(13-27)7-9-17/h3-5,10-12,16-17H,6-9,13-14H2,1-2H3,(H,28,32). The first-order valence-corrected chi connectivity index (χ1v) is 12.6. The summed E-state index contributed by atoms with van der Waals surface area (Å²) in [5.41, 5.74) is 1.79. The van der Waals surface area contributed by atoms with Crippen LogP contribution in [-0.4, -0.2) is 34.6 Å². The number of halogens is 2. The van der Waals surface area contributed by atoms with Crippen LogP contribution in [0.2, 0.25) is 5.02 Å². The molecule has 1 saturated carbocycles. The van der Waals surface area contributed by atoms with Crippen LogP contribution >= 0.6 is 22.9 Å². The molecule has 1 N–H and O–H groups in total. The number of fused-ring (bicyclic) bond motifs is 3. The van der Waals surface area contributed by atoms with E-state index in [1.165, 1.54) is 0 Å². The number of benzene rings is 1. The van der Waals surface area contributed by atoms with Gasteiger partial charge in [-0.2, -0.15) is 0 Å². The van der Waals surface area contributed by atoms with Crippen molar-refractivity contribution in [3.8, 4) is 0 Å². The van der Waals surface area contributed by atoms with Crippen LogP contribution in [0.25, 0.3) is 10.2 Å². The largest absolute Gasteiger partial charge is 0.351 e. The molecule has 8 heteroatoms. The molecule has 2 aromatic heterocycles. The number of thiophene rings is 1. The summed E-state index contributed by atoms with van der Waals surface area (Å²) < 4.78 is 16.0. The fraction of sp³-hybridized carbons (Fsp3) is 0.440. The number of aromatic nitrogens is 1. The van der Waals surface area contributed by atoms with E-state index in [9.17, 15) is 14.0 Å². The molecule has 33 heavy (non-hydrogen) atoms. The van der Waals surface area contributed by atoms with Crippen molar-refractivity contribution >= 4 is 50.7 Å². The Labute approximate surface area is 201 Å². The van der Waals surface area contributed by atoms with E-state index >= 15 is 0 Å². The Morgan fingerprint density at radius 2 is 2.03 bits per heavy atom. The van der Waals surface area contributed by atoms with Gasteiger partial charge in [0.15, 0.2) is 0 Å². The summed E-state index contributed by atoms with van der Waals surface area (Å²) in [7, 11) is 0. The highest BCUT2D eigenvalue weighted by Crippen LogP contribution is 2.40. The third kappa shape index (κ3) is 3.66. The van der Waals surface area contributed by atoms with Gasteiger partial charge in [-0.05, 0) is 80.7 Å². The zero-order chi connectivity index (χ0) is 23.3. The number of hydrogen-bond donors (Lipinski definition) is 1. The Balaban J connectivity index is 1.56. The molecule has 2 amide bonds. The van der Waals surface area contributed by atoms with Gasteiger partial charge < -0.3 is 9.88 Å². The Bertz CT molecular complexity index is 1230. The molecule has 3 aromatic rings. The van der Waals surface area contributed by atoms with Gasteiger partial charge in [-0.25, -0.2) is 0 Å². The van der Waals surface area contributed by atoms with E-state index in [-0.39, 0.29) is 30.4 Å². The summed E-state index contributed by atoms with van der Waals surface area (Å²) in [6.45, 7) is 3.73. The lowest BCUT2D eigenvalue weighted by Gasteiger charge is -2.45. The second kappa shape index (κ2) is 8.44.